The number of nitrogens with two attached hydrogens (primary N) is 1. The molecular formula is C12H19BrN6. The Morgan fingerprint density at radius 3 is 2.58 bits per heavy atom. The lowest BCUT2D eigenvalue weighted by atomic mass is 10.1. The molecule has 0 aliphatic rings. The summed E-state index contributed by atoms with van der Waals surface area (Å²) < 4.78 is 4.69. The quantitative estimate of drug-likeness (QED) is 0.664. The predicted octanol–water partition coefficient (Wildman–Crippen LogP) is 1.82. The highest BCUT2D eigenvalue weighted by Crippen LogP contribution is 2.31. The minimum absolute atomic E-state index is 0.145. The molecule has 6 nitrogen and oxygen atoms in total. The number of nitrogens with zero attached hydrogens (tertiary/aromatic N) is 4. The Balaban J connectivity index is 2.54. The van der Waals surface area contributed by atoms with Crippen molar-refractivity contribution in [2.45, 2.75) is 32.9 Å². The Morgan fingerprint density at radius 1 is 1.42 bits per heavy atom. The average molecular weight is 327 g/mol. The molecular weight excluding hydrogens is 308 g/mol. The monoisotopic (exact) mass is 326 g/mol. The maximum absolute atomic E-state index is 5.76. The second-order valence-electron chi connectivity index (χ2n) is 4.86. The van der Waals surface area contributed by atoms with Crippen LogP contribution >= 0.6 is 15.9 Å². The molecule has 2 heterocycles. The summed E-state index contributed by atoms with van der Waals surface area (Å²) in [6, 6.07) is 0.113. The molecule has 0 saturated heterocycles. The molecule has 0 aliphatic heterocycles. The zero-order valence-electron chi connectivity index (χ0n) is 11.6. The minimum Gasteiger partial charge on any atom is -0.275 e. The van der Waals surface area contributed by atoms with E-state index in [1.165, 1.54) is 0 Å². The summed E-state index contributed by atoms with van der Waals surface area (Å²) in [6.45, 7) is 6.16. The Morgan fingerprint density at radius 2 is 2.11 bits per heavy atom. The van der Waals surface area contributed by atoms with Gasteiger partial charge >= 0.3 is 0 Å². The van der Waals surface area contributed by atoms with E-state index >= 15 is 0 Å². The first-order valence-corrected chi connectivity index (χ1v) is 6.94. The molecule has 0 fully saturated rings. The molecule has 2 aromatic rings. The number of hydrazine groups is 1. The van der Waals surface area contributed by atoms with E-state index in [4.69, 9.17) is 5.84 Å². The topological polar surface area (TPSA) is 73.7 Å². The lowest BCUT2D eigenvalue weighted by molar-refractivity contribution is 0.474. The first-order valence-electron chi connectivity index (χ1n) is 6.14. The maximum Gasteiger partial charge on any atom is 0.0922 e. The van der Waals surface area contributed by atoms with Gasteiger partial charge in [-0.1, -0.05) is 0 Å². The van der Waals surface area contributed by atoms with Gasteiger partial charge in [-0.25, -0.2) is 5.43 Å². The Bertz CT molecular complexity index is 571. The molecule has 2 aromatic heterocycles. The molecule has 0 radical (unpaired) electrons. The summed E-state index contributed by atoms with van der Waals surface area (Å²) in [5.41, 5.74) is 5.88. The third-order valence-corrected chi connectivity index (χ3v) is 3.69. The molecule has 0 saturated carbocycles. The second-order valence-corrected chi connectivity index (χ2v) is 5.71. The van der Waals surface area contributed by atoms with Gasteiger partial charge in [-0.3, -0.25) is 15.2 Å². The first-order chi connectivity index (χ1) is 8.95. The number of halogens is 1. The average Bonchev–Trinajstić information content (AvgIpc) is 2.85. The number of aryl methyl sites for hydroxylation is 2. The van der Waals surface area contributed by atoms with E-state index in [-0.39, 0.29) is 12.1 Å². The lowest BCUT2D eigenvalue weighted by Crippen LogP contribution is -2.31. The molecule has 1 unspecified atom stereocenters. The Labute approximate surface area is 121 Å². The van der Waals surface area contributed by atoms with Crippen LogP contribution in [0.25, 0.3) is 0 Å². The Hall–Kier alpha value is -1.18. The van der Waals surface area contributed by atoms with Gasteiger partial charge in [-0.2, -0.15) is 10.2 Å². The van der Waals surface area contributed by atoms with E-state index < -0.39 is 0 Å². The highest BCUT2D eigenvalue weighted by atomic mass is 79.9. The van der Waals surface area contributed by atoms with Gasteiger partial charge in [0, 0.05) is 24.8 Å². The van der Waals surface area contributed by atoms with Crippen molar-refractivity contribution >= 4 is 15.9 Å². The molecule has 19 heavy (non-hydrogen) atoms. The summed E-state index contributed by atoms with van der Waals surface area (Å²) in [4.78, 5) is 0. The Kier molecular flexibility index (Phi) is 4.07. The second kappa shape index (κ2) is 5.44. The highest BCUT2D eigenvalue weighted by molar-refractivity contribution is 9.10. The largest absolute Gasteiger partial charge is 0.275 e. The van der Waals surface area contributed by atoms with Gasteiger partial charge in [-0.15, -0.1) is 0 Å². The van der Waals surface area contributed by atoms with Gasteiger partial charge in [0.1, 0.15) is 0 Å². The molecule has 1 atom stereocenters. The molecule has 0 aliphatic carbocycles. The van der Waals surface area contributed by atoms with E-state index in [2.05, 4.69) is 45.4 Å². The molecule has 0 bridgehead atoms. The third-order valence-electron chi connectivity index (χ3n) is 3.08. The van der Waals surface area contributed by atoms with Gasteiger partial charge in [0.2, 0.25) is 0 Å². The van der Waals surface area contributed by atoms with E-state index in [0.717, 1.165) is 21.4 Å². The van der Waals surface area contributed by atoms with E-state index in [0.29, 0.717) is 0 Å². The molecule has 0 spiro atoms. The van der Waals surface area contributed by atoms with Crippen molar-refractivity contribution in [2.75, 3.05) is 0 Å². The van der Waals surface area contributed by atoms with Crippen molar-refractivity contribution in [3.05, 3.63) is 33.8 Å². The standard InChI is InChI=1S/C12H19BrN6/c1-7(2)19-12(10(13)5-15-19)11(16-14)9-6-18(4)17-8(9)3/h5-7,11,16H,14H2,1-4H3. The van der Waals surface area contributed by atoms with Crippen molar-refractivity contribution < 1.29 is 0 Å². The van der Waals surface area contributed by atoms with Crippen LogP contribution in [0.3, 0.4) is 0 Å². The van der Waals surface area contributed by atoms with Crippen molar-refractivity contribution in [2.24, 2.45) is 12.9 Å². The van der Waals surface area contributed by atoms with Gasteiger partial charge in [0.25, 0.3) is 0 Å². The van der Waals surface area contributed by atoms with Crippen molar-refractivity contribution in [1.82, 2.24) is 25.0 Å². The van der Waals surface area contributed by atoms with Crippen LogP contribution in [-0.4, -0.2) is 19.6 Å². The maximum atomic E-state index is 5.76. The van der Waals surface area contributed by atoms with Gasteiger partial charge in [-0.05, 0) is 36.7 Å². The van der Waals surface area contributed by atoms with Gasteiger partial charge in [0.15, 0.2) is 0 Å². The zero-order chi connectivity index (χ0) is 14.2. The summed E-state index contributed by atoms with van der Waals surface area (Å²) in [5, 5.41) is 8.76. The van der Waals surface area contributed by atoms with Gasteiger partial charge in [0.05, 0.1) is 28.1 Å². The number of hydrogen-bond donors (Lipinski definition) is 2. The molecule has 0 amide bonds. The minimum atomic E-state index is -0.145. The van der Waals surface area contributed by atoms with E-state index in [1.807, 2.05) is 24.9 Å². The van der Waals surface area contributed by atoms with Crippen LogP contribution in [0.2, 0.25) is 0 Å². The third kappa shape index (κ3) is 2.58. The fourth-order valence-electron chi connectivity index (χ4n) is 2.25. The molecule has 2 rings (SSSR count). The number of aromatic nitrogens is 4. The summed E-state index contributed by atoms with van der Waals surface area (Å²) in [6.07, 6.45) is 3.77. The SMILES string of the molecule is Cc1nn(C)cc1C(NN)c1c(Br)cnn1C(C)C. The van der Waals surface area contributed by atoms with Crippen LogP contribution in [0.1, 0.15) is 42.9 Å². The fourth-order valence-corrected chi connectivity index (χ4v) is 2.75. The zero-order valence-corrected chi connectivity index (χ0v) is 13.1. The first kappa shape index (κ1) is 14.2. The number of hydrogen-bond acceptors (Lipinski definition) is 4. The smallest absolute Gasteiger partial charge is 0.0922 e. The van der Waals surface area contributed by atoms with Crippen LogP contribution < -0.4 is 11.3 Å². The van der Waals surface area contributed by atoms with Crippen LogP contribution in [0.15, 0.2) is 16.9 Å². The normalized spacial score (nSPS) is 13.2. The van der Waals surface area contributed by atoms with Gasteiger partial charge < -0.3 is 0 Å². The number of nitrogens with one attached hydrogen (secondary N) is 1. The summed E-state index contributed by atoms with van der Waals surface area (Å²) in [5.74, 6) is 5.76. The van der Waals surface area contributed by atoms with Crippen LogP contribution in [0, 0.1) is 6.92 Å². The molecule has 3 N–H and O–H groups in total. The highest BCUT2D eigenvalue weighted by Gasteiger charge is 2.24. The van der Waals surface area contributed by atoms with Crippen molar-refractivity contribution in [1.29, 1.82) is 0 Å². The van der Waals surface area contributed by atoms with E-state index in [9.17, 15) is 0 Å². The summed E-state index contributed by atoms with van der Waals surface area (Å²) in [7, 11) is 1.90. The number of rotatable bonds is 4. The summed E-state index contributed by atoms with van der Waals surface area (Å²) >= 11 is 3.55. The van der Waals surface area contributed by atoms with Crippen LogP contribution in [-0.2, 0) is 7.05 Å². The molecule has 0 aromatic carbocycles. The predicted molar refractivity (Wildman–Crippen MR) is 77.4 cm³/mol. The van der Waals surface area contributed by atoms with Crippen molar-refractivity contribution in [3.8, 4) is 0 Å². The van der Waals surface area contributed by atoms with Crippen LogP contribution in [0.5, 0.6) is 0 Å². The fraction of sp³-hybridized carbons (Fsp3) is 0.500. The molecule has 7 heteroatoms. The lowest BCUT2D eigenvalue weighted by Gasteiger charge is -2.20. The van der Waals surface area contributed by atoms with E-state index in [1.54, 1.807) is 10.9 Å². The van der Waals surface area contributed by atoms with Crippen molar-refractivity contribution in [3.63, 3.8) is 0 Å². The molecule has 104 valence electrons. The van der Waals surface area contributed by atoms with Crippen LogP contribution in [0.4, 0.5) is 0 Å².